The Bertz CT molecular complexity index is 181. The van der Waals surface area contributed by atoms with E-state index < -0.39 is 0 Å². The summed E-state index contributed by atoms with van der Waals surface area (Å²) >= 11 is 0. The maximum absolute atomic E-state index is 3.44. The lowest BCUT2D eigenvalue weighted by Crippen LogP contribution is -2.36. The van der Waals surface area contributed by atoms with Gasteiger partial charge in [-0.1, -0.05) is 0 Å². The number of nitrogens with one attached hydrogen (secondary N) is 2. The molecule has 0 bridgehead atoms. The summed E-state index contributed by atoms with van der Waals surface area (Å²) in [4.78, 5) is 2.56. The van der Waals surface area contributed by atoms with E-state index in [1.54, 1.807) is 0 Å². The highest BCUT2D eigenvalue weighted by molar-refractivity contribution is 5.85. The highest BCUT2D eigenvalue weighted by Gasteiger charge is 2.20. The van der Waals surface area contributed by atoms with Gasteiger partial charge in [0.15, 0.2) is 0 Å². The van der Waals surface area contributed by atoms with Crippen molar-refractivity contribution in [2.24, 2.45) is 5.92 Å². The molecule has 104 valence electrons. The number of nitrogens with zero attached hydrogens (tertiary/aromatic N) is 1. The van der Waals surface area contributed by atoms with Gasteiger partial charge >= 0.3 is 0 Å². The molecule has 0 amide bonds. The van der Waals surface area contributed by atoms with Gasteiger partial charge in [0.1, 0.15) is 0 Å². The Labute approximate surface area is 118 Å². The highest BCUT2D eigenvalue weighted by atomic mass is 35.5. The lowest BCUT2D eigenvalue weighted by molar-refractivity contribution is 0.223. The summed E-state index contributed by atoms with van der Waals surface area (Å²) in [7, 11) is 2.29. The van der Waals surface area contributed by atoms with Gasteiger partial charge in [0, 0.05) is 12.6 Å². The third kappa shape index (κ3) is 5.75. The molecule has 2 aliphatic heterocycles. The lowest BCUT2D eigenvalue weighted by atomic mass is 9.94. The molecular weight excluding hydrogens is 257 g/mol. The molecule has 0 aromatic rings. The number of halogens is 2. The fourth-order valence-electron chi connectivity index (χ4n) is 2.75. The fourth-order valence-corrected chi connectivity index (χ4v) is 2.75. The van der Waals surface area contributed by atoms with E-state index in [1.807, 2.05) is 0 Å². The molecule has 0 radical (unpaired) electrons. The molecule has 2 heterocycles. The number of hydrogen-bond acceptors (Lipinski definition) is 3. The van der Waals surface area contributed by atoms with Crippen molar-refractivity contribution in [3.05, 3.63) is 0 Å². The van der Waals surface area contributed by atoms with Crippen LogP contribution in [0.25, 0.3) is 0 Å². The van der Waals surface area contributed by atoms with Gasteiger partial charge in [-0.2, -0.15) is 0 Å². The zero-order valence-electron chi connectivity index (χ0n) is 10.8. The SMILES string of the molecule is CN(CCC1CCNCC1)C1CCNC1.Cl.Cl. The molecule has 5 heteroatoms. The van der Waals surface area contributed by atoms with Crippen molar-refractivity contribution in [2.75, 3.05) is 39.8 Å². The highest BCUT2D eigenvalue weighted by Crippen LogP contribution is 2.17. The van der Waals surface area contributed by atoms with E-state index in [1.165, 1.54) is 58.4 Å². The summed E-state index contributed by atoms with van der Waals surface area (Å²) < 4.78 is 0. The molecule has 0 spiro atoms. The van der Waals surface area contributed by atoms with Crippen LogP contribution in [0, 0.1) is 5.92 Å². The van der Waals surface area contributed by atoms with Crippen LogP contribution in [0.2, 0.25) is 0 Å². The first-order valence-corrected chi connectivity index (χ1v) is 6.48. The molecule has 2 N–H and O–H groups in total. The number of rotatable bonds is 4. The topological polar surface area (TPSA) is 27.3 Å². The maximum atomic E-state index is 3.44. The number of likely N-dealkylation sites (N-methyl/N-ethyl adjacent to an activating group) is 1. The summed E-state index contributed by atoms with van der Waals surface area (Å²) in [5, 5.41) is 6.87. The van der Waals surface area contributed by atoms with Crippen LogP contribution in [0.1, 0.15) is 25.7 Å². The summed E-state index contributed by atoms with van der Waals surface area (Å²) in [6.07, 6.45) is 5.50. The molecular formula is C12H27Cl2N3. The average Bonchev–Trinajstić information content (AvgIpc) is 2.81. The first-order valence-electron chi connectivity index (χ1n) is 6.48. The van der Waals surface area contributed by atoms with Crippen LogP contribution in [0.15, 0.2) is 0 Å². The van der Waals surface area contributed by atoms with Gasteiger partial charge in [0.2, 0.25) is 0 Å². The summed E-state index contributed by atoms with van der Waals surface area (Å²) in [5.41, 5.74) is 0. The van der Waals surface area contributed by atoms with Gasteiger partial charge < -0.3 is 15.5 Å². The smallest absolute Gasteiger partial charge is 0.0229 e. The molecule has 0 aliphatic carbocycles. The first-order chi connectivity index (χ1) is 7.36. The Morgan fingerprint density at radius 2 is 1.65 bits per heavy atom. The number of piperidine rings is 1. The van der Waals surface area contributed by atoms with Crippen LogP contribution < -0.4 is 10.6 Å². The Hall–Kier alpha value is 0.460. The average molecular weight is 284 g/mol. The Balaban J connectivity index is 0.00000128. The van der Waals surface area contributed by atoms with Crippen LogP contribution in [0.4, 0.5) is 0 Å². The van der Waals surface area contributed by atoms with E-state index in [-0.39, 0.29) is 24.8 Å². The normalized spacial score (nSPS) is 25.4. The van der Waals surface area contributed by atoms with E-state index in [2.05, 4.69) is 22.6 Å². The van der Waals surface area contributed by atoms with E-state index in [0.29, 0.717) is 0 Å². The van der Waals surface area contributed by atoms with Crippen molar-refractivity contribution in [1.29, 1.82) is 0 Å². The van der Waals surface area contributed by atoms with Gasteiger partial charge in [-0.25, -0.2) is 0 Å². The predicted octanol–water partition coefficient (Wildman–Crippen LogP) is 1.51. The van der Waals surface area contributed by atoms with Gasteiger partial charge in [-0.15, -0.1) is 24.8 Å². The van der Waals surface area contributed by atoms with Crippen molar-refractivity contribution in [3.8, 4) is 0 Å². The van der Waals surface area contributed by atoms with E-state index in [4.69, 9.17) is 0 Å². The molecule has 1 unspecified atom stereocenters. The second-order valence-electron chi connectivity index (χ2n) is 5.11. The standard InChI is InChI=1S/C12H25N3.2ClH/c1-15(12-4-8-14-10-12)9-5-11-2-6-13-7-3-11;;/h11-14H,2-10H2,1H3;2*1H. The van der Waals surface area contributed by atoms with Crippen LogP contribution in [0.3, 0.4) is 0 Å². The van der Waals surface area contributed by atoms with Gasteiger partial charge in [-0.3, -0.25) is 0 Å². The molecule has 0 saturated carbocycles. The Kier molecular flexibility index (Phi) is 9.65. The van der Waals surface area contributed by atoms with Crippen LogP contribution in [-0.4, -0.2) is 50.7 Å². The molecule has 3 nitrogen and oxygen atoms in total. The largest absolute Gasteiger partial charge is 0.317 e. The van der Waals surface area contributed by atoms with Crippen LogP contribution in [-0.2, 0) is 0 Å². The molecule has 2 saturated heterocycles. The molecule has 2 aliphatic rings. The van der Waals surface area contributed by atoms with Crippen molar-refractivity contribution in [2.45, 2.75) is 31.7 Å². The minimum atomic E-state index is 0. The molecule has 2 fully saturated rings. The zero-order valence-corrected chi connectivity index (χ0v) is 12.4. The molecule has 1 atom stereocenters. The van der Waals surface area contributed by atoms with Gasteiger partial charge in [0.05, 0.1) is 0 Å². The van der Waals surface area contributed by atoms with E-state index in [9.17, 15) is 0 Å². The van der Waals surface area contributed by atoms with Gasteiger partial charge in [0.25, 0.3) is 0 Å². The summed E-state index contributed by atoms with van der Waals surface area (Å²) in [5.74, 6) is 0.975. The monoisotopic (exact) mass is 283 g/mol. The molecule has 0 aromatic heterocycles. The van der Waals surface area contributed by atoms with Crippen LogP contribution >= 0.6 is 24.8 Å². The molecule has 17 heavy (non-hydrogen) atoms. The van der Waals surface area contributed by atoms with Crippen LogP contribution in [0.5, 0.6) is 0 Å². The second kappa shape index (κ2) is 9.40. The first kappa shape index (κ1) is 17.5. The third-order valence-electron chi connectivity index (χ3n) is 4.01. The minimum absolute atomic E-state index is 0. The van der Waals surface area contributed by atoms with E-state index in [0.717, 1.165) is 12.0 Å². The fraction of sp³-hybridized carbons (Fsp3) is 1.00. The predicted molar refractivity (Wildman–Crippen MR) is 78.6 cm³/mol. The minimum Gasteiger partial charge on any atom is -0.317 e. The van der Waals surface area contributed by atoms with Crippen molar-refractivity contribution in [1.82, 2.24) is 15.5 Å². The van der Waals surface area contributed by atoms with E-state index >= 15 is 0 Å². The third-order valence-corrected chi connectivity index (χ3v) is 4.01. The maximum Gasteiger partial charge on any atom is 0.0229 e. The molecule has 2 rings (SSSR count). The van der Waals surface area contributed by atoms with Crippen molar-refractivity contribution in [3.63, 3.8) is 0 Å². The summed E-state index contributed by atoms with van der Waals surface area (Å²) in [6, 6.07) is 0.798. The zero-order chi connectivity index (χ0) is 10.5. The van der Waals surface area contributed by atoms with Crippen molar-refractivity contribution >= 4 is 24.8 Å². The summed E-state index contributed by atoms with van der Waals surface area (Å²) in [6.45, 7) is 6.17. The second-order valence-corrected chi connectivity index (χ2v) is 5.11. The van der Waals surface area contributed by atoms with Gasteiger partial charge in [-0.05, 0) is 64.8 Å². The Morgan fingerprint density at radius 1 is 1.00 bits per heavy atom. The lowest BCUT2D eigenvalue weighted by Gasteiger charge is -2.28. The Morgan fingerprint density at radius 3 is 2.24 bits per heavy atom. The quantitative estimate of drug-likeness (QED) is 0.819. The number of hydrogen-bond donors (Lipinski definition) is 2. The molecule has 0 aromatic carbocycles. The van der Waals surface area contributed by atoms with Crippen molar-refractivity contribution < 1.29 is 0 Å².